The highest BCUT2D eigenvalue weighted by molar-refractivity contribution is 6.05. The first-order chi connectivity index (χ1) is 12.6. The van der Waals surface area contributed by atoms with Crippen molar-refractivity contribution in [2.24, 2.45) is 4.99 Å². The molecule has 0 fully saturated rings. The fraction of sp³-hybridized carbons (Fsp3) is 0.300. The summed E-state index contributed by atoms with van der Waals surface area (Å²) in [6, 6.07) is 18.6. The molecule has 2 aromatic rings. The Kier molecular flexibility index (Phi) is 5.11. The third-order valence-corrected chi connectivity index (χ3v) is 4.83. The molecule has 0 radical (unpaired) electrons. The first-order valence-electron chi connectivity index (χ1n) is 8.46. The lowest BCUT2D eigenvalue weighted by atomic mass is 9.77. The number of esters is 1. The molecule has 0 bridgehead atoms. The zero-order valence-corrected chi connectivity index (χ0v) is 14.5. The Balaban J connectivity index is 2.11. The van der Waals surface area contributed by atoms with E-state index in [0.29, 0.717) is 18.4 Å². The van der Waals surface area contributed by atoms with Crippen molar-refractivity contribution in [1.29, 1.82) is 0 Å². The molecule has 6 heteroatoms. The maximum atomic E-state index is 12.8. The Labute approximate surface area is 151 Å². The van der Waals surface area contributed by atoms with Crippen molar-refractivity contribution in [3.05, 3.63) is 81.9 Å². The second kappa shape index (κ2) is 7.47. The van der Waals surface area contributed by atoms with E-state index in [1.54, 1.807) is 12.1 Å². The van der Waals surface area contributed by atoms with Crippen LogP contribution in [-0.4, -0.2) is 35.8 Å². The Bertz CT molecular complexity index is 820. The monoisotopic (exact) mass is 352 g/mol. The minimum Gasteiger partial charge on any atom is -0.467 e. The molecule has 0 spiro atoms. The highest BCUT2D eigenvalue weighted by Crippen LogP contribution is 2.41. The van der Waals surface area contributed by atoms with Gasteiger partial charge in [0.2, 0.25) is 6.54 Å². The predicted octanol–water partition coefficient (Wildman–Crippen LogP) is 3.24. The van der Waals surface area contributed by atoms with Crippen LogP contribution in [-0.2, 0) is 9.53 Å². The van der Waals surface area contributed by atoms with Gasteiger partial charge in [0, 0.05) is 10.6 Å². The summed E-state index contributed by atoms with van der Waals surface area (Å²) in [6.07, 6.45) is 0.956. The number of nitrogens with zero attached hydrogens (tertiary/aromatic N) is 2. The van der Waals surface area contributed by atoms with E-state index < -0.39 is 22.3 Å². The van der Waals surface area contributed by atoms with Gasteiger partial charge in [0.05, 0.1) is 13.0 Å². The Morgan fingerprint density at radius 3 is 2.38 bits per heavy atom. The average Bonchev–Trinajstić information content (AvgIpc) is 3.13. The molecule has 0 amide bonds. The average molecular weight is 352 g/mol. The molecule has 2 atom stereocenters. The number of nitro groups is 1. The number of hydrogen-bond acceptors (Lipinski definition) is 5. The fourth-order valence-corrected chi connectivity index (χ4v) is 3.59. The van der Waals surface area contributed by atoms with E-state index in [-0.39, 0.29) is 6.54 Å². The standard InChI is InChI=1S/C20H20N2O4/c1-26-19(23)20(13-12-18(21-20)16-10-6-3-7-11-16)17(14-22(24)25)15-8-4-2-5-9-15/h2-11,17H,12-14H2,1H3/t17-,20-/m0/s1. The Hall–Kier alpha value is -3.02. The van der Waals surface area contributed by atoms with E-state index >= 15 is 0 Å². The summed E-state index contributed by atoms with van der Waals surface area (Å²) < 4.78 is 5.04. The van der Waals surface area contributed by atoms with Crippen LogP contribution in [0.2, 0.25) is 0 Å². The van der Waals surface area contributed by atoms with Crippen LogP contribution >= 0.6 is 0 Å². The molecule has 0 unspecified atom stereocenters. The molecular weight excluding hydrogens is 332 g/mol. The van der Waals surface area contributed by atoms with Gasteiger partial charge in [-0.05, 0) is 24.0 Å². The van der Waals surface area contributed by atoms with E-state index in [2.05, 4.69) is 0 Å². The highest BCUT2D eigenvalue weighted by atomic mass is 16.6. The minimum absolute atomic E-state index is 0.384. The molecular formula is C20H20N2O4. The lowest BCUT2D eigenvalue weighted by molar-refractivity contribution is -0.484. The number of rotatable bonds is 6. The van der Waals surface area contributed by atoms with Crippen LogP contribution in [0.15, 0.2) is 65.7 Å². The van der Waals surface area contributed by atoms with Crippen LogP contribution in [0, 0.1) is 10.1 Å². The first kappa shape index (κ1) is 17.8. The molecule has 1 aliphatic rings. The number of methoxy groups -OCH3 is 1. The fourth-order valence-electron chi connectivity index (χ4n) is 3.59. The van der Waals surface area contributed by atoms with Gasteiger partial charge >= 0.3 is 5.97 Å². The van der Waals surface area contributed by atoms with Gasteiger partial charge in [-0.3, -0.25) is 15.1 Å². The van der Waals surface area contributed by atoms with Crippen LogP contribution in [0.5, 0.6) is 0 Å². The van der Waals surface area contributed by atoms with Crippen molar-refractivity contribution in [3.63, 3.8) is 0 Å². The van der Waals surface area contributed by atoms with E-state index in [1.807, 2.05) is 48.5 Å². The quantitative estimate of drug-likeness (QED) is 0.454. The molecule has 1 aliphatic heterocycles. The van der Waals surface area contributed by atoms with E-state index in [0.717, 1.165) is 11.3 Å². The molecule has 2 aromatic carbocycles. The molecule has 0 aliphatic carbocycles. The number of ether oxygens (including phenoxy) is 1. The van der Waals surface area contributed by atoms with Gasteiger partial charge in [0.15, 0.2) is 5.54 Å². The van der Waals surface area contributed by atoms with Gasteiger partial charge < -0.3 is 4.74 Å². The van der Waals surface area contributed by atoms with Gasteiger partial charge in [-0.1, -0.05) is 60.7 Å². The van der Waals surface area contributed by atoms with Crippen molar-refractivity contribution in [2.45, 2.75) is 24.3 Å². The van der Waals surface area contributed by atoms with Crippen molar-refractivity contribution >= 4 is 11.7 Å². The summed E-state index contributed by atoms with van der Waals surface area (Å²) >= 11 is 0. The first-order valence-corrected chi connectivity index (χ1v) is 8.46. The zero-order valence-electron chi connectivity index (χ0n) is 14.5. The second-order valence-electron chi connectivity index (χ2n) is 6.32. The predicted molar refractivity (Wildman–Crippen MR) is 98.0 cm³/mol. The van der Waals surface area contributed by atoms with E-state index in [4.69, 9.17) is 9.73 Å². The molecule has 0 saturated heterocycles. The van der Waals surface area contributed by atoms with Crippen LogP contribution in [0.4, 0.5) is 0 Å². The molecule has 0 saturated carbocycles. The number of carbonyl (C=O) groups is 1. The Morgan fingerprint density at radius 2 is 1.81 bits per heavy atom. The van der Waals surface area contributed by atoms with Gasteiger partial charge in [-0.25, -0.2) is 4.79 Å². The van der Waals surface area contributed by atoms with Gasteiger partial charge in [0.25, 0.3) is 0 Å². The van der Waals surface area contributed by atoms with Gasteiger partial charge in [0.1, 0.15) is 0 Å². The molecule has 0 aromatic heterocycles. The van der Waals surface area contributed by atoms with E-state index in [1.165, 1.54) is 7.11 Å². The van der Waals surface area contributed by atoms with Crippen molar-refractivity contribution < 1.29 is 14.5 Å². The van der Waals surface area contributed by atoms with Gasteiger partial charge in [-0.2, -0.15) is 0 Å². The number of aliphatic imine (C=N–C) groups is 1. The summed E-state index contributed by atoms with van der Waals surface area (Å²) in [5, 5.41) is 11.3. The normalized spacial score (nSPS) is 20.3. The third-order valence-electron chi connectivity index (χ3n) is 4.83. The molecule has 6 nitrogen and oxygen atoms in total. The van der Waals surface area contributed by atoms with E-state index in [9.17, 15) is 14.9 Å². The molecule has 134 valence electrons. The number of hydrogen-bond donors (Lipinski definition) is 0. The van der Waals surface area contributed by atoms with Crippen LogP contribution in [0.1, 0.15) is 29.9 Å². The van der Waals surface area contributed by atoms with Crippen LogP contribution in [0.3, 0.4) is 0 Å². The highest BCUT2D eigenvalue weighted by Gasteiger charge is 2.52. The number of benzene rings is 2. The number of carbonyl (C=O) groups excluding carboxylic acids is 1. The second-order valence-corrected chi connectivity index (χ2v) is 6.32. The maximum absolute atomic E-state index is 12.8. The smallest absolute Gasteiger partial charge is 0.334 e. The summed E-state index contributed by atoms with van der Waals surface area (Å²) in [6.45, 7) is -0.384. The molecule has 1 heterocycles. The van der Waals surface area contributed by atoms with Gasteiger partial charge in [-0.15, -0.1) is 0 Å². The molecule has 26 heavy (non-hydrogen) atoms. The summed E-state index contributed by atoms with van der Waals surface area (Å²) in [7, 11) is 1.30. The summed E-state index contributed by atoms with van der Waals surface area (Å²) in [5.41, 5.74) is 1.13. The largest absolute Gasteiger partial charge is 0.467 e. The van der Waals surface area contributed by atoms with Crippen molar-refractivity contribution in [2.75, 3.05) is 13.7 Å². The van der Waals surface area contributed by atoms with Crippen LogP contribution in [0.25, 0.3) is 0 Å². The van der Waals surface area contributed by atoms with Crippen molar-refractivity contribution in [3.8, 4) is 0 Å². The summed E-state index contributed by atoms with van der Waals surface area (Å²) in [5.74, 6) is -1.22. The lowest BCUT2D eigenvalue weighted by Crippen LogP contribution is -2.44. The molecule has 3 rings (SSSR count). The lowest BCUT2D eigenvalue weighted by Gasteiger charge is -2.30. The maximum Gasteiger partial charge on any atom is 0.334 e. The minimum atomic E-state index is -1.28. The van der Waals surface area contributed by atoms with Crippen molar-refractivity contribution in [1.82, 2.24) is 0 Å². The third kappa shape index (κ3) is 3.35. The Morgan fingerprint density at radius 1 is 1.19 bits per heavy atom. The summed E-state index contributed by atoms with van der Waals surface area (Å²) in [4.78, 5) is 28.4. The molecule has 0 N–H and O–H groups in total. The zero-order chi connectivity index (χ0) is 18.6. The topological polar surface area (TPSA) is 81.8 Å². The van der Waals surface area contributed by atoms with Crippen LogP contribution < -0.4 is 0 Å². The SMILES string of the molecule is COC(=O)[C@@]1([C@@H](C[N+](=O)[O-])c2ccccc2)CCC(c2ccccc2)=N1.